The fourth-order valence-electron chi connectivity index (χ4n) is 2.79. The maximum atomic E-state index is 12.7. The van der Waals surface area contributed by atoms with Gasteiger partial charge in [0, 0.05) is 0 Å². The van der Waals surface area contributed by atoms with Crippen LogP contribution in [0, 0.1) is 5.41 Å². The number of hydrogen-bond acceptors (Lipinski definition) is 2. The van der Waals surface area contributed by atoms with Gasteiger partial charge in [0.2, 0.25) is 0 Å². The van der Waals surface area contributed by atoms with E-state index in [4.69, 9.17) is 5.73 Å². The van der Waals surface area contributed by atoms with Gasteiger partial charge in [-0.2, -0.15) is 18.3 Å². The lowest BCUT2D eigenvalue weighted by Crippen LogP contribution is -2.32. The summed E-state index contributed by atoms with van der Waals surface area (Å²) >= 11 is 0. The van der Waals surface area contributed by atoms with Crippen LogP contribution < -0.4 is 5.73 Å². The zero-order chi connectivity index (χ0) is 13.1. The molecule has 2 saturated carbocycles. The third kappa shape index (κ3) is 1.60. The number of hydrogen-bond donors (Lipinski definition) is 1. The Morgan fingerprint density at radius 3 is 2.50 bits per heavy atom. The van der Waals surface area contributed by atoms with Gasteiger partial charge in [0.25, 0.3) is 5.91 Å². The SMILES string of the molecule is NC(=O)c1c(C(F)(F)F)cnn1C1CC2(CC2)C1. The number of aromatic nitrogens is 2. The van der Waals surface area contributed by atoms with Gasteiger partial charge in [-0.05, 0) is 31.1 Å². The number of halogens is 3. The second kappa shape index (κ2) is 3.27. The van der Waals surface area contributed by atoms with Crippen molar-refractivity contribution in [3.63, 3.8) is 0 Å². The van der Waals surface area contributed by atoms with Crippen molar-refractivity contribution >= 4 is 5.91 Å². The molecule has 2 aliphatic rings. The minimum absolute atomic E-state index is 0.119. The van der Waals surface area contributed by atoms with Crippen molar-refractivity contribution in [1.82, 2.24) is 9.78 Å². The summed E-state index contributed by atoms with van der Waals surface area (Å²) in [5, 5.41) is 3.72. The lowest BCUT2D eigenvalue weighted by atomic mass is 9.77. The highest BCUT2D eigenvalue weighted by Crippen LogP contribution is 2.65. The smallest absolute Gasteiger partial charge is 0.364 e. The van der Waals surface area contributed by atoms with Gasteiger partial charge in [-0.25, -0.2) is 0 Å². The lowest BCUT2D eigenvalue weighted by molar-refractivity contribution is -0.138. The van der Waals surface area contributed by atoms with Crippen LogP contribution in [0.2, 0.25) is 0 Å². The maximum Gasteiger partial charge on any atom is 0.420 e. The first-order valence-corrected chi connectivity index (χ1v) is 5.77. The summed E-state index contributed by atoms with van der Waals surface area (Å²) in [5.41, 5.74) is 3.83. The van der Waals surface area contributed by atoms with Crippen LogP contribution in [0.25, 0.3) is 0 Å². The van der Waals surface area contributed by atoms with Crippen LogP contribution in [0.15, 0.2) is 6.20 Å². The summed E-state index contributed by atoms with van der Waals surface area (Å²) in [6, 6.07) is -0.119. The van der Waals surface area contributed by atoms with Crippen molar-refractivity contribution < 1.29 is 18.0 Å². The third-order valence-corrected chi connectivity index (χ3v) is 3.97. The number of nitrogens with two attached hydrogens (primary N) is 1. The van der Waals surface area contributed by atoms with Crippen LogP contribution in [-0.4, -0.2) is 15.7 Å². The number of carbonyl (C=O) groups excluding carboxylic acids is 1. The van der Waals surface area contributed by atoms with E-state index in [2.05, 4.69) is 5.10 Å². The number of primary amides is 1. The second-order valence-corrected chi connectivity index (χ2v) is 5.28. The summed E-state index contributed by atoms with van der Waals surface area (Å²) in [7, 11) is 0. The van der Waals surface area contributed by atoms with Crippen LogP contribution in [-0.2, 0) is 6.18 Å². The molecule has 0 aromatic carbocycles. The van der Waals surface area contributed by atoms with Gasteiger partial charge in [-0.1, -0.05) is 0 Å². The Labute approximate surface area is 101 Å². The van der Waals surface area contributed by atoms with Gasteiger partial charge in [-0.15, -0.1) is 0 Å². The van der Waals surface area contributed by atoms with Crippen molar-refractivity contribution in [2.24, 2.45) is 11.1 Å². The maximum absolute atomic E-state index is 12.7. The van der Waals surface area contributed by atoms with Crippen molar-refractivity contribution in [3.8, 4) is 0 Å². The predicted molar refractivity (Wildman–Crippen MR) is 55.7 cm³/mol. The second-order valence-electron chi connectivity index (χ2n) is 5.28. The molecule has 0 unspecified atom stereocenters. The average molecular weight is 259 g/mol. The first-order chi connectivity index (χ1) is 8.32. The summed E-state index contributed by atoms with van der Waals surface area (Å²) in [5.74, 6) is -1.07. The van der Waals surface area contributed by atoms with Gasteiger partial charge in [0.15, 0.2) is 0 Å². The zero-order valence-corrected chi connectivity index (χ0v) is 9.50. The molecule has 7 heteroatoms. The van der Waals surface area contributed by atoms with E-state index in [-0.39, 0.29) is 6.04 Å². The highest BCUT2D eigenvalue weighted by molar-refractivity contribution is 5.92. The van der Waals surface area contributed by atoms with Crippen LogP contribution in [0.3, 0.4) is 0 Å². The van der Waals surface area contributed by atoms with Crippen molar-refractivity contribution in [1.29, 1.82) is 0 Å². The molecule has 2 N–H and O–H groups in total. The van der Waals surface area contributed by atoms with Crippen LogP contribution in [0.1, 0.15) is 47.8 Å². The number of alkyl halides is 3. The molecule has 1 spiro atoms. The Balaban J connectivity index is 1.95. The van der Waals surface area contributed by atoms with Gasteiger partial charge < -0.3 is 5.73 Å². The molecule has 98 valence electrons. The van der Waals surface area contributed by atoms with E-state index >= 15 is 0 Å². The summed E-state index contributed by atoms with van der Waals surface area (Å²) in [6.07, 6.45) is -0.0499. The normalized spacial score (nSPS) is 21.9. The van der Waals surface area contributed by atoms with E-state index in [1.54, 1.807) is 0 Å². The highest BCUT2D eigenvalue weighted by Gasteiger charge is 2.54. The molecule has 2 aliphatic carbocycles. The molecule has 0 atom stereocenters. The standard InChI is InChI=1S/C11H12F3N3O/c12-11(13,14)7-5-16-17(8(7)9(15)18)6-3-10(4-6)1-2-10/h5-6H,1-4H2,(H2,15,18). The minimum Gasteiger partial charge on any atom is -0.364 e. The number of carbonyl (C=O) groups is 1. The topological polar surface area (TPSA) is 60.9 Å². The van der Waals surface area contributed by atoms with Gasteiger partial charge in [0.05, 0.1) is 12.2 Å². The molecular formula is C11H12F3N3O. The molecular weight excluding hydrogens is 247 g/mol. The van der Waals surface area contributed by atoms with E-state index in [0.717, 1.165) is 30.4 Å². The Bertz CT molecular complexity index is 508. The number of rotatable bonds is 2. The Morgan fingerprint density at radius 1 is 1.44 bits per heavy atom. The van der Waals surface area contributed by atoms with E-state index in [9.17, 15) is 18.0 Å². The molecule has 0 bridgehead atoms. The molecule has 4 nitrogen and oxygen atoms in total. The highest BCUT2D eigenvalue weighted by atomic mass is 19.4. The van der Waals surface area contributed by atoms with Gasteiger partial charge >= 0.3 is 6.18 Å². The molecule has 3 rings (SSSR count). The molecule has 0 saturated heterocycles. The first kappa shape index (κ1) is 11.6. The molecule has 0 aliphatic heterocycles. The zero-order valence-electron chi connectivity index (χ0n) is 9.50. The van der Waals surface area contributed by atoms with Crippen LogP contribution >= 0.6 is 0 Å². The third-order valence-electron chi connectivity index (χ3n) is 3.97. The molecule has 1 aromatic rings. The van der Waals surface area contributed by atoms with Crippen LogP contribution in [0.5, 0.6) is 0 Å². The summed E-state index contributed by atoms with van der Waals surface area (Å²) < 4.78 is 39.3. The summed E-state index contributed by atoms with van der Waals surface area (Å²) in [4.78, 5) is 11.2. The quantitative estimate of drug-likeness (QED) is 0.884. The van der Waals surface area contributed by atoms with E-state index in [0.29, 0.717) is 11.6 Å². The Morgan fingerprint density at radius 2 is 2.06 bits per heavy atom. The van der Waals surface area contributed by atoms with Gasteiger partial charge in [-0.3, -0.25) is 9.48 Å². The largest absolute Gasteiger partial charge is 0.420 e. The van der Waals surface area contributed by atoms with E-state index in [1.165, 1.54) is 0 Å². The lowest BCUT2D eigenvalue weighted by Gasteiger charge is -2.36. The van der Waals surface area contributed by atoms with Crippen molar-refractivity contribution in [2.45, 2.75) is 37.9 Å². The van der Waals surface area contributed by atoms with E-state index in [1.807, 2.05) is 0 Å². The van der Waals surface area contributed by atoms with Crippen LogP contribution in [0.4, 0.5) is 13.2 Å². The number of amides is 1. The first-order valence-electron chi connectivity index (χ1n) is 5.77. The monoisotopic (exact) mass is 259 g/mol. The van der Waals surface area contributed by atoms with Crippen molar-refractivity contribution in [3.05, 3.63) is 17.5 Å². The molecule has 2 fully saturated rings. The molecule has 1 aromatic heterocycles. The fraction of sp³-hybridized carbons (Fsp3) is 0.636. The Kier molecular flexibility index (Phi) is 2.10. The molecule has 1 amide bonds. The molecule has 1 heterocycles. The Hall–Kier alpha value is -1.53. The van der Waals surface area contributed by atoms with E-state index < -0.39 is 23.3 Å². The minimum atomic E-state index is -4.59. The van der Waals surface area contributed by atoms with Gasteiger partial charge in [0.1, 0.15) is 11.3 Å². The van der Waals surface area contributed by atoms with Crippen molar-refractivity contribution in [2.75, 3.05) is 0 Å². The summed E-state index contributed by atoms with van der Waals surface area (Å²) in [6.45, 7) is 0. The molecule has 0 radical (unpaired) electrons. The molecule has 18 heavy (non-hydrogen) atoms. The fourth-order valence-corrected chi connectivity index (χ4v) is 2.79. The average Bonchev–Trinajstić information content (AvgIpc) is 2.85. The predicted octanol–water partition coefficient (Wildman–Crippen LogP) is 2.12. The number of nitrogens with zero attached hydrogens (tertiary/aromatic N) is 2.